The van der Waals surface area contributed by atoms with Crippen molar-refractivity contribution in [1.29, 1.82) is 0 Å². The summed E-state index contributed by atoms with van der Waals surface area (Å²) in [6.45, 7) is 18.3. The SMILES string of the molecule is CC.CN=CN=C(N)c1ccc2c(c1)c(C(C)C)cn2CCN1CCCC1.COCCn1c(C(=O)O)cc2c(OC)ccc(C(C)C)c21. The van der Waals surface area contributed by atoms with Gasteiger partial charge in [0.15, 0.2) is 0 Å². The second-order valence-corrected chi connectivity index (χ2v) is 12.4. The summed E-state index contributed by atoms with van der Waals surface area (Å²) in [6.07, 6.45) is 6.49. The normalized spacial score (nSPS) is 13.8. The highest BCUT2D eigenvalue weighted by atomic mass is 16.5. The number of rotatable bonds is 12. The van der Waals surface area contributed by atoms with Gasteiger partial charge in [0.1, 0.15) is 23.6 Å². The Labute approximate surface area is 286 Å². The molecule has 10 heteroatoms. The molecule has 5 rings (SSSR count). The molecule has 0 spiro atoms. The standard InChI is InChI=1S/C20H29N5.C16H21NO4.C2H6/c1-15(2)18-13-25(11-10-24-8-4-5-9-24)19-7-6-16(12-17(18)19)20(21)23-14-22-3;1-10(2)11-5-6-14(21-4)12-9-13(16(18)19)17(15(11)12)7-8-20-3;1-2/h6-7,12-15H,4-5,8-11H2,1-3H3,(H2,21,22,23);5-6,9-10H,7-8H2,1-4H3,(H,18,19);1-2H3. The zero-order chi connectivity index (χ0) is 35.4. The number of carboxylic acids is 1. The van der Waals surface area contributed by atoms with E-state index in [0.29, 0.717) is 30.7 Å². The lowest BCUT2D eigenvalue weighted by Gasteiger charge is -2.15. The molecule has 0 atom stereocenters. The van der Waals surface area contributed by atoms with Gasteiger partial charge in [0.2, 0.25) is 0 Å². The third-order valence-corrected chi connectivity index (χ3v) is 8.63. The van der Waals surface area contributed by atoms with Crippen LogP contribution in [-0.2, 0) is 17.8 Å². The van der Waals surface area contributed by atoms with E-state index in [1.165, 1.54) is 48.7 Å². The number of ether oxygens (including phenoxy) is 2. The van der Waals surface area contributed by atoms with Crippen molar-refractivity contribution in [3.8, 4) is 5.75 Å². The molecule has 2 aromatic carbocycles. The second kappa shape index (κ2) is 18.4. The topological polar surface area (TPSA) is 120 Å². The van der Waals surface area contributed by atoms with Gasteiger partial charge in [0.25, 0.3) is 0 Å². The molecule has 4 aromatic rings. The van der Waals surface area contributed by atoms with Crippen molar-refractivity contribution in [3.63, 3.8) is 0 Å². The maximum absolute atomic E-state index is 11.5. The summed E-state index contributed by atoms with van der Waals surface area (Å²) in [4.78, 5) is 22.1. The van der Waals surface area contributed by atoms with E-state index in [1.54, 1.807) is 31.9 Å². The zero-order valence-electron chi connectivity index (χ0n) is 30.4. The van der Waals surface area contributed by atoms with Crippen molar-refractivity contribution in [1.82, 2.24) is 14.0 Å². The number of hydrogen-bond donors (Lipinski definition) is 2. The van der Waals surface area contributed by atoms with Gasteiger partial charge in [-0.3, -0.25) is 4.99 Å². The van der Waals surface area contributed by atoms with Crippen molar-refractivity contribution in [2.24, 2.45) is 15.7 Å². The maximum atomic E-state index is 11.5. The van der Waals surface area contributed by atoms with E-state index < -0.39 is 5.97 Å². The Morgan fingerprint density at radius 2 is 1.65 bits per heavy atom. The van der Waals surface area contributed by atoms with Gasteiger partial charge in [-0.25, -0.2) is 9.79 Å². The van der Waals surface area contributed by atoms with Crippen LogP contribution in [0.2, 0.25) is 0 Å². The number of carboxylic acid groups (broad SMARTS) is 1. The number of nitrogens with two attached hydrogens (primary N) is 1. The molecule has 0 aliphatic carbocycles. The van der Waals surface area contributed by atoms with Gasteiger partial charge in [-0.05, 0) is 79.2 Å². The van der Waals surface area contributed by atoms with Crippen molar-refractivity contribution in [2.45, 2.75) is 79.3 Å². The Bertz CT molecular complexity index is 1690. The van der Waals surface area contributed by atoms with Crippen LogP contribution in [0.1, 0.15) is 93.4 Å². The highest BCUT2D eigenvalue weighted by Gasteiger charge is 2.21. The lowest BCUT2D eigenvalue weighted by molar-refractivity contribution is 0.0683. The predicted molar refractivity (Wildman–Crippen MR) is 200 cm³/mol. The maximum Gasteiger partial charge on any atom is 0.352 e. The summed E-state index contributed by atoms with van der Waals surface area (Å²) in [6, 6.07) is 12.0. The Balaban J connectivity index is 0.000000251. The van der Waals surface area contributed by atoms with Crippen LogP contribution < -0.4 is 10.5 Å². The number of likely N-dealkylation sites (tertiary alicyclic amines) is 1. The molecule has 2 aromatic heterocycles. The van der Waals surface area contributed by atoms with Gasteiger partial charge < -0.3 is 34.3 Å². The predicted octanol–water partition coefficient (Wildman–Crippen LogP) is 7.37. The molecule has 3 heterocycles. The molecule has 48 heavy (non-hydrogen) atoms. The van der Waals surface area contributed by atoms with Crippen LogP contribution in [0.5, 0.6) is 5.75 Å². The molecular formula is C38H56N6O4. The lowest BCUT2D eigenvalue weighted by atomic mass is 10.00. The van der Waals surface area contributed by atoms with Crippen LogP contribution in [0.3, 0.4) is 0 Å². The third kappa shape index (κ3) is 9.05. The monoisotopic (exact) mass is 660 g/mol. The highest BCUT2D eigenvalue weighted by Crippen LogP contribution is 2.35. The summed E-state index contributed by atoms with van der Waals surface area (Å²) < 4.78 is 14.7. The minimum absolute atomic E-state index is 0.258. The van der Waals surface area contributed by atoms with E-state index in [2.05, 4.69) is 71.5 Å². The smallest absolute Gasteiger partial charge is 0.352 e. The van der Waals surface area contributed by atoms with E-state index in [1.807, 2.05) is 26.0 Å². The summed E-state index contributed by atoms with van der Waals surface area (Å²) >= 11 is 0. The number of aromatic carboxylic acids is 1. The fourth-order valence-electron chi connectivity index (χ4n) is 6.20. The van der Waals surface area contributed by atoms with E-state index in [9.17, 15) is 9.90 Å². The molecule has 1 aliphatic heterocycles. The van der Waals surface area contributed by atoms with E-state index in [4.69, 9.17) is 15.2 Å². The van der Waals surface area contributed by atoms with E-state index in [0.717, 1.165) is 35.1 Å². The number of fused-ring (bicyclic) bond motifs is 2. The minimum atomic E-state index is -0.945. The first-order valence-electron chi connectivity index (χ1n) is 17.1. The summed E-state index contributed by atoms with van der Waals surface area (Å²) in [7, 11) is 4.89. The summed E-state index contributed by atoms with van der Waals surface area (Å²) in [5.74, 6) is 1.01. The van der Waals surface area contributed by atoms with Crippen molar-refractivity contribution in [3.05, 3.63) is 65.0 Å². The lowest BCUT2D eigenvalue weighted by Crippen LogP contribution is -2.23. The van der Waals surface area contributed by atoms with Crippen LogP contribution in [0, 0.1) is 0 Å². The molecule has 262 valence electrons. The van der Waals surface area contributed by atoms with Gasteiger partial charge >= 0.3 is 5.97 Å². The van der Waals surface area contributed by atoms with Crippen molar-refractivity contribution in [2.75, 3.05) is 47.5 Å². The Hall–Kier alpha value is -4.15. The first kappa shape index (κ1) is 38.3. The fourth-order valence-corrected chi connectivity index (χ4v) is 6.20. The molecule has 0 radical (unpaired) electrons. The van der Waals surface area contributed by atoms with Gasteiger partial charge in [-0.1, -0.05) is 47.6 Å². The number of nitrogens with zero attached hydrogens (tertiary/aromatic N) is 5. The van der Waals surface area contributed by atoms with Gasteiger partial charge in [-0.2, -0.15) is 0 Å². The van der Waals surface area contributed by atoms with Gasteiger partial charge in [-0.15, -0.1) is 0 Å². The number of hydrogen-bond acceptors (Lipinski definition) is 5. The van der Waals surface area contributed by atoms with Gasteiger partial charge in [0, 0.05) is 61.8 Å². The first-order valence-corrected chi connectivity index (χ1v) is 17.1. The van der Waals surface area contributed by atoms with Crippen LogP contribution >= 0.6 is 0 Å². The quantitative estimate of drug-likeness (QED) is 0.121. The molecule has 10 nitrogen and oxygen atoms in total. The number of methoxy groups -OCH3 is 2. The largest absolute Gasteiger partial charge is 0.496 e. The van der Waals surface area contributed by atoms with Crippen molar-refractivity contribution < 1.29 is 19.4 Å². The molecule has 0 unspecified atom stereocenters. The Kier molecular flexibility index (Phi) is 14.7. The number of carbonyl (C=O) groups is 1. The molecule has 1 aliphatic rings. The van der Waals surface area contributed by atoms with E-state index >= 15 is 0 Å². The van der Waals surface area contributed by atoms with Crippen LogP contribution in [0.15, 0.2) is 52.6 Å². The molecule has 0 amide bonds. The van der Waals surface area contributed by atoms with Crippen LogP contribution in [0.25, 0.3) is 21.8 Å². The zero-order valence-corrected chi connectivity index (χ0v) is 30.4. The number of benzene rings is 2. The Morgan fingerprint density at radius 3 is 2.23 bits per heavy atom. The molecule has 3 N–H and O–H groups in total. The van der Waals surface area contributed by atoms with Gasteiger partial charge in [0.05, 0.1) is 19.2 Å². The number of aliphatic imine (C=N–C) groups is 2. The highest BCUT2D eigenvalue weighted by molar-refractivity contribution is 6.04. The number of aromatic nitrogens is 2. The molecule has 0 saturated carbocycles. The molecule has 0 bridgehead atoms. The van der Waals surface area contributed by atoms with Crippen LogP contribution in [-0.4, -0.2) is 84.8 Å². The molecule has 1 fully saturated rings. The first-order chi connectivity index (χ1) is 23.1. The summed E-state index contributed by atoms with van der Waals surface area (Å²) in [5, 5.41) is 11.6. The molecular weight excluding hydrogens is 604 g/mol. The second-order valence-electron chi connectivity index (χ2n) is 12.4. The number of amidine groups is 1. The Morgan fingerprint density at radius 1 is 0.958 bits per heavy atom. The average Bonchev–Trinajstić information content (AvgIpc) is 3.83. The minimum Gasteiger partial charge on any atom is -0.496 e. The molecule has 1 saturated heterocycles. The summed E-state index contributed by atoms with van der Waals surface area (Å²) in [5.41, 5.74) is 12.0. The van der Waals surface area contributed by atoms with E-state index in [-0.39, 0.29) is 11.6 Å². The van der Waals surface area contributed by atoms with Crippen LogP contribution in [0.4, 0.5) is 0 Å². The average molecular weight is 661 g/mol. The third-order valence-electron chi connectivity index (χ3n) is 8.63. The fraction of sp³-hybridized carbons (Fsp3) is 0.500. The van der Waals surface area contributed by atoms with Crippen molar-refractivity contribution >= 4 is 39.9 Å².